The van der Waals surface area contributed by atoms with E-state index in [0.29, 0.717) is 12.8 Å². The van der Waals surface area contributed by atoms with Crippen molar-refractivity contribution in [3.8, 4) is 0 Å². The van der Waals surface area contributed by atoms with E-state index in [1.54, 1.807) is 6.92 Å². The van der Waals surface area contributed by atoms with Crippen molar-refractivity contribution in [2.75, 3.05) is 5.73 Å². The van der Waals surface area contributed by atoms with Crippen LogP contribution in [-0.4, -0.2) is 11.1 Å². The number of nitrogens with two attached hydrogens (primary N) is 1. The lowest BCUT2D eigenvalue weighted by Gasteiger charge is -2.12. The van der Waals surface area contributed by atoms with Gasteiger partial charge in [-0.05, 0) is 92.2 Å². The van der Waals surface area contributed by atoms with E-state index in [4.69, 9.17) is 10.8 Å². The standard InChI is InChI=1S/C11H12I3NO2/c1-5(11(16)17)2-3-6-4-7(12)8(13)9(14)10(6)15/h4-5H,2-3,15H2,1H3,(H,16,17). The number of anilines is 1. The van der Waals surface area contributed by atoms with Crippen LogP contribution in [0.1, 0.15) is 18.9 Å². The van der Waals surface area contributed by atoms with Crippen LogP contribution < -0.4 is 5.73 Å². The number of rotatable bonds is 4. The van der Waals surface area contributed by atoms with Crippen molar-refractivity contribution in [1.29, 1.82) is 0 Å². The van der Waals surface area contributed by atoms with Crippen LogP contribution >= 0.6 is 67.8 Å². The normalized spacial score (nSPS) is 12.5. The van der Waals surface area contributed by atoms with E-state index in [2.05, 4.69) is 67.8 Å². The molecular weight excluding hydrogens is 559 g/mol. The molecule has 0 fully saturated rings. The van der Waals surface area contributed by atoms with Crippen LogP contribution in [0.5, 0.6) is 0 Å². The largest absolute Gasteiger partial charge is 0.481 e. The van der Waals surface area contributed by atoms with Crippen molar-refractivity contribution in [3.05, 3.63) is 22.3 Å². The molecule has 6 heteroatoms. The summed E-state index contributed by atoms with van der Waals surface area (Å²) in [5.74, 6) is -1.08. The van der Waals surface area contributed by atoms with Crippen LogP contribution in [0.2, 0.25) is 0 Å². The molecule has 0 saturated carbocycles. The van der Waals surface area contributed by atoms with Gasteiger partial charge in [0.2, 0.25) is 0 Å². The topological polar surface area (TPSA) is 63.3 Å². The summed E-state index contributed by atoms with van der Waals surface area (Å²) in [5, 5.41) is 8.85. The predicted molar refractivity (Wildman–Crippen MR) is 94.1 cm³/mol. The fourth-order valence-corrected chi connectivity index (χ4v) is 3.61. The highest BCUT2D eigenvalue weighted by atomic mass is 127. The zero-order valence-electron chi connectivity index (χ0n) is 9.14. The monoisotopic (exact) mass is 571 g/mol. The van der Waals surface area contributed by atoms with E-state index in [1.165, 1.54) is 3.57 Å². The Morgan fingerprint density at radius 2 is 2.00 bits per heavy atom. The summed E-state index contributed by atoms with van der Waals surface area (Å²) in [6, 6.07) is 2.05. The number of carboxylic acid groups (broad SMARTS) is 1. The van der Waals surface area contributed by atoms with E-state index in [1.807, 2.05) is 6.07 Å². The van der Waals surface area contributed by atoms with Gasteiger partial charge in [-0.15, -0.1) is 0 Å². The molecule has 0 aliphatic carbocycles. The number of halogens is 3. The van der Waals surface area contributed by atoms with Gasteiger partial charge >= 0.3 is 5.97 Å². The summed E-state index contributed by atoms with van der Waals surface area (Å²) in [7, 11) is 0. The quantitative estimate of drug-likeness (QED) is 0.329. The van der Waals surface area contributed by atoms with Crippen LogP contribution in [0.25, 0.3) is 0 Å². The number of carbonyl (C=O) groups is 1. The fraction of sp³-hybridized carbons (Fsp3) is 0.364. The molecule has 0 radical (unpaired) electrons. The molecule has 0 bridgehead atoms. The highest BCUT2D eigenvalue weighted by Gasteiger charge is 2.14. The minimum atomic E-state index is -0.751. The van der Waals surface area contributed by atoms with Gasteiger partial charge < -0.3 is 10.8 Å². The van der Waals surface area contributed by atoms with Crippen LogP contribution in [0.4, 0.5) is 5.69 Å². The van der Waals surface area contributed by atoms with Crippen molar-refractivity contribution in [1.82, 2.24) is 0 Å². The Hall–Kier alpha value is 0.680. The third kappa shape index (κ3) is 4.08. The summed E-state index contributed by atoms with van der Waals surface area (Å²) in [6.45, 7) is 1.72. The number of aryl methyl sites for hydroxylation is 1. The maximum Gasteiger partial charge on any atom is 0.306 e. The second kappa shape index (κ2) is 6.73. The van der Waals surface area contributed by atoms with Gasteiger partial charge in [-0.2, -0.15) is 0 Å². The molecule has 0 heterocycles. The van der Waals surface area contributed by atoms with Crippen molar-refractivity contribution < 1.29 is 9.90 Å². The molecular formula is C11H12I3NO2. The number of nitrogen functional groups attached to an aromatic ring is 1. The summed E-state index contributed by atoms with van der Waals surface area (Å²) >= 11 is 6.79. The van der Waals surface area contributed by atoms with Crippen molar-refractivity contribution >= 4 is 79.4 Å². The summed E-state index contributed by atoms with van der Waals surface area (Å²) < 4.78 is 3.39. The lowest BCUT2D eigenvalue weighted by atomic mass is 10.0. The van der Waals surface area contributed by atoms with Crippen molar-refractivity contribution in [2.45, 2.75) is 19.8 Å². The molecule has 94 valence electrons. The third-order valence-corrected chi connectivity index (χ3v) is 7.71. The molecule has 0 aliphatic rings. The maximum absolute atomic E-state index is 10.8. The van der Waals surface area contributed by atoms with Crippen LogP contribution in [0.15, 0.2) is 6.07 Å². The smallest absolute Gasteiger partial charge is 0.306 e. The number of hydrogen-bond donors (Lipinski definition) is 2. The number of benzene rings is 1. The third-order valence-electron chi connectivity index (χ3n) is 2.55. The summed E-state index contributed by atoms with van der Waals surface area (Å²) in [4.78, 5) is 10.8. The molecule has 1 aromatic rings. The number of aliphatic carboxylic acids is 1. The Labute approximate surface area is 141 Å². The molecule has 3 N–H and O–H groups in total. The Morgan fingerprint density at radius 1 is 1.41 bits per heavy atom. The van der Waals surface area contributed by atoms with E-state index in [-0.39, 0.29) is 5.92 Å². The second-order valence-corrected chi connectivity index (χ2v) is 7.16. The zero-order valence-corrected chi connectivity index (χ0v) is 15.6. The first-order chi connectivity index (χ1) is 7.84. The SMILES string of the molecule is CC(CCc1cc(I)c(I)c(I)c1N)C(=O)O. The first-order valence-corrected chi connectivity index (χ1v) is 8.22. The van der Waals surface area contributed by atoms with E-state index in [9.17, 15) is 4.79 Å². The molecule has 1 unspecified atom stereocenters. The van der Waals surface area contributed by atoms with Gasteiger partial charge in [0.15, 0.2) is 0 Å². The Kier molecular flexibility index (Phi) is 6.23. The van der Waals surface area contributed by atoms with Gasteiger partial charge in [-0.25, -0.2) is 0 Å². The molecule has 0 saturated heterocycles. The molecule has 1 rings (SSSR count). The lowest BCUT2D eigenvalue weighted by Crippen LogP contribution is -2.11. The van der Waals surface area contributed by atoms with E-state index >= 15 is 0 Å². The molecule has 1 atom stereocenters. The first kappa shape index (κ1) is 15.7. The van der Waals surface area contributed by atoms with Crippen LogP contribution in [-0.2, 0) is 11.2 Å². The molecule has 0 aromatic heterocycles. The molecule has 0 spiro atoms. The first-order valence-electron chi connectivity index (χ1n) is 4.99. The molecule has 0 aliphatic heterocycles. The fourth-order valence-electron chi connectivity index (χ4n) is 1.36. The zero-order chi connectivity index (χ0) is 13.2. The number of carboxylic acids is 1. The summed E-state index contributed by atoms with van der Waals surface area (Å²) in [5.41, 5.74) is 7.89. The summed E-state index contributed by atoms with van der Waals surface area (Å²) in [6.07, 6.45) is 1.33. The Morgan fingerprint density at radius 3 is 2.53 bits per heavy atom. The average molecular weight is 571 g/mol. The Bertz CT molecular complexity index is 449. The number of hydrogen-bond acceptors (Lipinski definition) is 2. The van der Waals surface area contributed by atoms with Gasteiger partial charge in [0.05, 0.1) is 9.49 Å². The minimum Gasteiger partial charge on any atom is -0.481 e. The molecule has 17 heavy (non-hydrogen) atoms. The van der Waals surface area contributed by atoms with Crippen LogP contribution in [0, 0.1) is 16.6 Å². The van der Waals surface area contributed by atoms with Crippen molar-refractivity contribution in [2.24, 2.45) is 5.92 Å². The van der Waals surface area contributed by atoms with Gasteiger partial charge in [-0.1, -0.05) is 6.92 Å². The predicted octanol–water partition coefficient (Wildman–Crippen LogP) is 3.74. The average Bonchev–Trinajstić information content (AvgIpc) is 2.28. The van der Waals surface area contributed by atoms with Gasteiger partial charge in [0.1, 0.15) is 0 Å². The minimum absolute atomic E-state index is 0.330. The highest BCUT2D eigenvalue weighted by Crippen LogP contribution is 2.30. The van der Waals surface area contributed by atoms with Gasteiger partial charge in [-0.3, -0.25) is 4.79 Å². The maximum atomic E-state index is 10.8. The van der Waals surface area contributed by atoms with Crippen LogP contribution in [0.3, 0.4) is 0 Å². The lowest BCUT2D eigenvalue weighted by molar-refractivity contribution is -0.141. The van der Waals surface area contributed by atoms with Crippen molar-refractivity contribution in [3.63, 3.8) is 0 Å². The molecule has 1 aromatic carbocycles. The Balaban J connectivity index is 2.89. The van der Waals surface area contributed by atoms with E-state index < -0.39 is 5.97 Å². The van der Waals surface area contributed by atoms with Gasteiger partial charge in [0.25, 0.3) is 0 Å². The second-order valence-electron chi connectivity index (χ2n) is 3.84. The molecule has 3 nitrogen and oxygen atoms in total. The molecule has 0 amide bonds. The highest BCUT2D eigenvalue weighted by molar-refractivity contribution is 14.1. The van der Waals surface area contributed by atoms with E-state index in [0.717, 1.165) is 18.4 Å². The van der Waals surface area contributed by atoms with Gasteiger partial charge in [0, 0.05) is 12.8 Å².